The van der Waals surface area contributed by atoms with Crippen LogP contribution in [0.15, 0.2) is 24.3 Å². The van der Waals surface area contributed by atoms with Gasteiger partial charge in [-0.25, -0.2) is 0 Å². The average Bonchev–Trinajstić information content (AvgIpc) is 2.54. The quantitative estimate of drug-likeness (QED) is 0.858. The highest BCUT2D eigenvalue weighted by molar-refractivity contribution is 8.00. The number of nitriles is 1. The monoisotopic (exact) mass is 290 g/mol. The van der Waals surface area contributed by atoms with Gasteiger partial charge >= 0.3 is 0 Å². The largest absolute Gasteiger partial charge is 0.497 e. The normalized spacial score (nSPS) is 17.4. The van der Waals surface area contributed by atoms with E-state index >= 15 is 0 Å². The summed E-state index contributed by atoms with van der Waals surface area (Å²) in [4.78, 5) is 14.3. The highest BCUT2D eigenvalue weighted by atomic mass is 32.2. The molecule has 1 amide bonds. The van der Waals surface area contributed by atoms with Crippen LogP contribution in [-0.2, 0) is 0 Å². The van der Waals surface area contributed by atoms with Crippen molar-refractivity contribution >= 4 is 17.7 Å². The van der Waals surface area contributed by atoms with Gasteiger partial charge in [-0.1, -0.05) is 6.07 Å². The summed E-state index contributed by atoms with van der Waals surface area (Å²) in [7, 11) is 1.59. The zero-order valence-corrected chi connectivity index (χ0v) is 12.6. The zero-order valence-electron chi connectivity index (χ0n) is 11.8. The highest BCUT2D eigenvalue weighted by Gasteiger charge is 2.35. The molecule has 0 spiro atoms. The minimum atomic E-state index is -0.328. The third kappa shape index (κ3) is 2.91. The Morgan fingerprint density at radius 2 is 2.15 bits per heavy atom. The van der Waals surface area contributed by atoms with E-state index < -0.39 is 0 Å². The molecule has 2 rings (SSSR count). The van der Waals surface area contributed by atoms with Gasteiger partial charge in [-0.05, 0) is 37.3 Å². The van der Waals surface area contributed by atoms with Crippen molar-refractivity contribution in [3.05, 3.63) is 29.8 Å². The van der Waals surface area contributed by atoms with Gasteiger partial charge in [0, 0.05) is 18.7 Å². The summed E-state index contributed by atoms with van der Waals surface area (Å²) in [5, 5.41) is 9.26. The van der Waals surface area contributed by atoms with Crippen LogP contribution in [0.1, 0.15) is 23.2 Å². The molecule has 0 unspecified atom stereocenters. The standard InChI is InChI=1S/C15H18N2O2S/c1-19-13-5-3-4-12(10-13)14(18)17-8-6-15(11-16,20-2)7-9-17/h3-5,10H,6-9H2,1-2H3. The Bertz CT molecular complexity index is 531. The van der Waals surface area contributed by atoms with Crippen molar-refractivity contribution in [2.75, 3.05) is 26.5 Å². The van der Waals surface area contributed by atoms with E-state index in [2.05, 4.69) is 6.07 Å². The molecule has 0 atom stereocenters. The minimum absolute atomic E-state index is 0.0107. The van der Waals surface area contributed by atoms with Crippen molar-refractivity contribution < 1.29 is 9.53 Å². The maximum absolute atomic E-state index is 12.4. The van der Waals surface area contributed by atoms with Crippen LogP contribution >= 0.6 is 11.8 Å². The van der Waals surface area contributed by atoms with Gasteiger partial charge in [-0.2, -0.15) is 5.26 Å². The van der Waals surface area contributed by atoms with Gasteiger partial charge in [0.25, 0.3) is 5.91 Å². The van der Waals surface area contributed by atoms with Crippen LogP contribution in [-0.4, -0.2) is 42.0 Å². The van der Waals surface area contributed by atoms with Crippen molar-refractivity contribution in [1.29, 1.82) is 5.26 Å². The van der Waals surface area contributed by atoms with E-state index in [1.807, 2.05) is 23.3 Å². The number of nitrogens with zero attached hydrogens (tertiary/aromatic N) is 2. The number of ether oxygens (including phenoxy) is 1. The second-order valence-corrected chi connectivity index (χ2v) is 6.02. The molecule has 1 aliphatic rings. The average molecular weight is 290 g/mol. The van der Waals surface area contributed by atoms with E-state index in [9.17, 15) is 10.1 Å². The lowest BCUT2D eigenvalue weighted by Gasteiger charge is -2.36. The Morgan fingerprint density at radius 3 is 2.70 bits per heavy atom. The van der Waals surface area contributed by atoms with Crippen LogP contribution in [0.3, 0.4) is 0 Å². The summed E-state index contributed by atoms with van der Waals surface area (Å²) in [6.07, 6.45) is 3.41. The molecule has 0 aliphatic carbocycles. The fourth-order valence-corrected chi connectivity index (χ4v) is 3.05. The molecule has 1 saturated heterocycles. The first-order valence-corrected chi connectivity index (χ1v) is 7.76. The van der Waals surface area contributed by atoms with Gasteiger partial charge in [0.15, 0.2) is 0 Å². The third-order valence-electron chi connectivity index (χ3n) is 3.77. The lowest BCUT2D eigenvalue weighted by molar-refractivity contribution is 0.0716. The second-order valence-electron chi connectivity index (χ2n) is 4.83. The van der Waals surface area contributed by atoms with Gasteiger partial charge in [0.1, 0.15) is 10.5 Å². The molecule has 20 heavy (non-hydrogen) atoms. The Morgan fingerprint density at radius 1 is 1.45 bits per heavy atom. The number of thioether (sulfide) groups is 1. The number of amides is 1. The van der Waals surface area contributed by atoms with Crippen LogP contribution in [0, 0.1) is 11.3 Å². The lowest BCUT2D eigenvalue weighted by atomic mass is 9.96. The Kier molecular flexibility index (Phi) is 4.56. The van der Waals surface area contributed by atoms with Crippen molar-refractivity contribution in [2.45, 2.75) is 17.6 Å². The minimum Gasteiger partial charge on any atom is -0.497 e. The van der Waals surface area contributed by atoms with Gasteiger partial charge in [0.2, 0.25) is 0 Å². The van der Waals surface area contributed by atoms with Crippen LogP contribution in [0.4, 0.5) is 0 Å². The molecule has 0 radical (unpaired) electrons. The van der Waals surface area contributed by atoms with Crippen LogP contribution in [0.25, 0.3) is 0 Å². The Balaban J connectivity index is 2.07. The van der Waals surface area contributed by atoms with E-state index in [0.717, 1.165) is 12.8 Å². The predicted octanol–water partition coefficient (Wildman–Crippen LogP) is 2.56. The number of carbonyl (C=O) groups excluding carboxylic acids is 1. The number of piperidine rings is 1. The van der Waals surface area contributed by atoms with E-state index in [-0.39, 0.29) is 10.7 Å². The molecule has 0 bridgehead atoms. The number of hydrogen-bond donors (Lipinski definition) is 0. The third-order valence-corrected chi connectivity index (χ3v) is 5.05. The van der Waals surface area contributed by atoms with Crippen molar-refractivity contribution in [3.8, 4) is 11.8 Å². The van der Waals surface area contributed by atoms with E-state index in [1.165, 1.54) is 0 Å². The zero-order chi connectivity index (χ0) is 14.6. The number of likely N-dealkylation sites (tertiary alicyclic amines) is 1. The molecule has 0 saturated carbocycles. The first-order chi connectivity index (χ1) is 9.64. The second kappa shape index (κ2) is 6.19. The summed E-state index contributed by atoms with van der Waals surface area (Å²) >= 11 is 1.59. The van der Waals surface area contributed by atoms with E-state index in [0.29, 0.717) is 24.4 Å². The molecular formula is C15H18N2O2S. The fraction of sp³-hybridized carbons (Fsp3) is 0.467. The van der Waals surface area contributed by atoms with Crippen LogP contribution in [0.5, 0.6) is 5.75 Å². The van der Waals surface area contributed by atoms with Gasteiger partial charge < -0.3 is 9.64 Å². The summed E-state index contributed by atoms with van der Waals surface area (Å²) in [6.45, 7) is 1.26. The molecule has 0 N–H and O–H groups in total. The molecular weight excluding hydrogens is 272 g/mol. The predicted molar refractivity (Wildman–Crippen MR) is 80.0 cm³/mol. The molecule has 1 aliphatic heterocycles. The summed E-state index contributed by atoms with van der Waals surface area (Å²) in [5.41, 5.74) is 0.637. The first-order valence-electron chi connectivity index (χ1n) is 6.54. The first kappa shape index (κ1) is 14.7. The Labute approximate surface area is 123 Å². The molecule has 1 heterocycles. The lowest BCUT2D eigenvalue weighted by Crippen LogP contribution is -2.44. The smallest absolute Gasteiger partial charge is 0.253 e. The molecule has 106 valence electrons. The van der Waals surface area contributed by atoms with Crippen molar-refractivity contribution in [3.63, 3.8) is 0 Å². The molecule has 5 heteroatoms. The van der Waals surface area contributed by atoms with Crippen LogP contribution in [0.2, 0.25) is 0 Å². The highest BCUT2D eigenvalue weighted by Crippen LogP contribution is 2.34. The van der Waals surface area contributed by atoms with Crippen molar-refractivity contribution in [2.24, 2.45) is 0 Å². The number of rotatable bonds is 3. The van der Waals surface area contributed by atoms with Gasteiger partial charge in [0.05, 0.1) is 13.2 Å². The van der Waals surface area contributed by atoms with Crippen molar-refractivity contribution in [1.82, 2.24) is 4.90 Å². The fourth-order valence-electron chi connectivity index (χ4n) is 2.37. The topological polar surface area (TPSA) is 53.3 Å². The van der Waals surface area contributed by atoms with Gasteiger partial charge in [-0.3, -0.25) is 4.79 Å². The number of hydrogen-bond acceptors (Lipinski definition) is 4. The molecule has 0 aromatic heterocycles. The van der Waals surface area contributed by atoms with Crippen LogP contribution < -0.4 is 4.74 Å². The molecule has 4 nitrogen and oxygen atoms in total. The number of methoxy groups -OCH3 is 1. The van der Waals surface area contributed by atoms with Gasteiger partial charge in [-0.15, -0.1) is 11.8 Å². The Hall–Kier alpha value is -1.67. The van der Waals surface area contributed by atoms with E-state index in [4.69, 9.17) is 4.74 Å². The SMILES string of the molecule is COc1cccc(C(=O)N2CCC(C#N)(SC)CC2)c1. The number of benzene rings is 1. The number of carbonyl (C=O) groups is 1. The molecule has 1 fully saturated rings. The molecule has 1 aromatic carbocycles. The maximum Gasteiger partial charge on any atom is 0.253 e. The van der Waals surface area contributed by atoms with E-state index in [1.54, 1.807) is 31.0 Å². The summed E-state index contributed by atoms with van der Waals surface area (Å²) in [5.74, 6) is 0.694. The molecule has 1 aromatic rings. The maximum atomic E-state index is 12.4. The summed E-state index contributed by atoms with van der Waals surface area (Å²) in [6, 6.07) is 9.58. The summed E-state index contributed by atoms with van der Waals surface area (Å²) < 4.78 is 4.81.